The molecule has 0 aliphatic rings. The van der Waals surface area contributed by atoms with E-state index in [1.807, 2.05) is 0 Å². The van der Waals surface area contributed by atoms with Crippen LogP contribution in [0.2, 0.25) is 0 Å². The number of hydrogen-bond donors (Lipinski definition) is 2. The highest BCUT2D eigenvalue weighted by Crippen LogP contribution is 2.42. The molecule has 11 heteroatoms. The third-order valence-electron chi connectivity index (χ3n) is 4.31. The van der Waals surface area contributed by atoms with Gasteiger partial charge in [-0.2, -0.15) is 18.3 Å². The minimum atomic E-state index is -4.91. The molecule has 0 saturated heterocycles. The molecule has 0 radical (unpaired) electrons. The SMILES string of the molecule is Cn1nc(C(F)(F)F)c(-c2cccc(C(C)(F)F)c2)c1NC(=O)Nc1ccc(F)cc1. The second kappa shape index (κ2) is 7.97. The largest absolute Gasteiger partial charge is 0.435 e. The molecule has 1 aromatic heterocycles. The van der Waals surface area contributed by atoms with Gasteiger partial charge in [-0.15, -0.1) is 0 Å². The van der Waals surface area contributed by atoms with Gasteiger partial charge in [-0.05, 0) is 35.9 Å². The van der Waals surface area contributed by atoms with E-state index in [0.717, 1.165) is 28.9 Å². The molecule has 5 nitrogen and oxygen atoms in total. The highest BCUT2D eigenvalue weighted by atomic mass is 19.4. The molecule has 2 amide bonds. The van der Waals surface area contributed by atoms with E-state index in [4.69, 9.17) is 0 Å². The first-order chi connectivity index (χ1) is 14.4. The van der Waals surface area contributed by atoms with Crippen LogP contribution in [-0.4, -0.2) is 15.8 Å². The standard InChI is InChI=1S/C20H16F6N4O/c1-19(22,23)12-5-3-4-11(10-12)15-16(20(24,25)26)29-30(2)17(15)28-18(31)27-14-8-6-13(21)7-9-14/h3-10H,1-2H3,(H2,27,28,31). The molecule has 3 rings (SSSR count). The molecule has 1 heterocycles. The van der Waals surface area contributed by atoms with Crippen molar-refractivity contribution >= 4 is 17.5 Å². The van der Waals surface area contributed by atoms with Crippen molar-refractivity contribution in [3.05, 3.63) is 65.6 Å². The van der Waals surface area contributed by atoms with Gasteiger partial charge in [0.1, 0.15) is 11.6 Å². The van der Waals surface area contributed by atoms with Gasteiger partial charge < -0.3 is 5.32 Å². The number of aromatic nitrogens is 2. The zero-order chi connectivity index (χ0) is 23.0. The number of nitrogens with one attached hydrogen (secondary N) is 2. The number of nitrogens with zero attached hydrogens (tertiary/aromatic N) is 2. The smallest absolute Gasteiger partial charge is 0.308 e. The third kappa shape index (κ3) is 4.98. The lowest BCUT2D eigenvalue weighted by Gasteiger charge is -2.14. The van der Waals surface area contributed by atoms with Crippen LogP contribution in [0.15, 0.2) is 48.5 Å². The average Bonchev–Trinajstić information content (AvgIpc) is 3.00. The maximum absolute atomic E-state index is 13.7. The summed E-state index contributed by atoms with van der Waals surface area (Å²) in [4.78, 5) is 12.3. The predicted octanol–water partition coefficient (Wildman–Crippen LogP) is 6.00. The maximum Gasteiger partial charge on any atom is 0.435 e. The van der Waals surface area contributed by atoms with Crippen LogP contribution in [0.25, 0.3) is 11.1 Å². The van der Waals surface area contributed by atoms with Crippen molar-refractivity contribution in [1.82, 2.24) is 9.78 Å². The molecule has 0 aliphatic carbocycles. The molecule has 0 unspecified atom stereocenters. The third-order valence-corrected chi connectivity index (χ3v) is 4.31. The Balaban J connectivity index is 2.04. The highest BCUT2D eigenvalue weighted by molar-refractivity contribution is 6.02. The molecule has 0 bridgehead atoms. The zero-order valence-electron chi connectivity index (χ0n) is 16.2. The number of aryl methyl sites for hydroxylation is 1. The molecule has 0 atom stereocenters. The number of hydrogen-bond acceptors (Lipinski definition) is 2. The number of carbonyl (C=O) groups excluding carboxylic acids is 1. The number of carbonyl (C=O) groups is 1. The number of benzene rings is 2. The van der Waals surface area contributed by atoms with E-state index in [2.05, 4.69) is 15.7 Å². The summed E-state index contributed by atoms with van der Waals surface area (Å²) in [5.41, 5.74) is -2.41. The number of alkyl halides is 5. The number of anilines is 2. The van der Waals surface area contributed by atoms with Gasteiger partial charge >= 0.3 is 12.2 Å². The van der Waals surface area contributed by atoms with Gasteiger partial charge in [0.2, 0.25) is 0 Å². The normalized spacial score (nSPS) is 12.0. The van der Waals surface area contributed by atoms with Crippen molar-refractivity contribution in [3.8, 4) is 11.1 Å². The monoisotopic (exact) mass is 442 g/mol. The van der Waals surface area contributed by atoms with E-state index < -0.39 is 40.8 Å². The topological polar surface area (TPSA) is 59.0 Å². The Morgan fingerprint density at radius 3 is 2.23 bits per heavy atom. The number of rotatable bonds is 4. The summed E-state index contributed by atoms with van der Waals surface area (Å²) in [6, 6.07) is 8.16. The number of urea groups is 1. The number of halogens is 6. The van der Waals surface area contributed by atoms with E-state index in [1.165, 1.54) is 31.3 Å². The van der Waals surface area contributed by atoms with Crippen molar-refractivity contribution in [2.75, 3.05) is 10.6 Å². The van der Waals surface area contributed by atoms with E-state index >= 15 is 0 Å². The second-order valence-electron chi connectivity index (χ2n) is 6.75. The van der Waals surface area contributed by atoms with Gasteiger partial charge in [-0.25, -0.2) is 18.0 Å². The van der Waals surface area contributed by atoms with E-state index in [1.54, 1.807) is 0 Å². The van der Waals surface area contributed by atoms with Crippen LogP contribution >= 0.6 is 0 Å². The summed E-state index contributed by atoms with van der Waals surface area (Å²) >= 11 is 0. The first-order valence-corrected chi connectivity index (χ1v) is 8.83. The summed E-state index contributed by atoms with van der Waals surface area (Å²) in [6.07, 6.45) is -4.91. The van der Waals surface area contributed by atoms with Gasteiger partial charge in [0.05, 0.1) is 5.56 Å². The minimum Gasteiger partial charge on any atom is -0.308 e. The average molecular weight is 442 g/mol. The Morgan fingerprint density at radius 1 is 1.00 bits per heavy atom. The molecular weight excluding hydrogens is 426 g/mol. The van der Waals surface area contributed by atoms with E-state index in [9.17, 15) is 31.1 Å². The van der Waals surface area contributed by atoms with Crippen LogP contribution < -0.4 is 10.6 Å². The van der Waals surface area contributed by atoms with E-state index in [-0.39, 0.29) is 17.1 Å². The van der Waals surface area contributed by atoms with Gasteiger partial charge in [0.25, 0.3) is 5.92 Å². The lowest BCUT2D eigenvalue weighted by molar-refractivity contribution is -0.140. The van der Waals surface area contributed by atoms with Crippen LogP contribution in [0.5, 0.6) is 0 Å². The summed E-state index contributed by atoms with van der Waals surface area (Å²) in [6.45, 7) is 0.620. The Bertz CT molecular complexity index is 1100. The molecule has 31 heavy (non-hydrogen) atoms. The van der Waals surface area contributed by atoms with Crippen LogP contribution in [0, 0.1) is 5.82 Å². The van der Waals surface area contributed by atoms with Crippen molar-refractivity contribution in [1.29, 1.82) is 0 Å². The van der Waals surface area contributed by atoms with Gasteiger partial charge in [0.15, 0.2) is 5.69 Å². The molecule has 2 aromatic carbocycles. The van der Waals surface area contributed by atoms with Crippen molar-refractivity contribution in [2.45, 2.75) is 19.0 Å². The molecule has 0 fully saturated rings. The van der Waals surface area contributed by atoms with E-state index in [0.29, 0.717) is 6.92 Å². The zero-order valence-corrected chi connectivity index (χ0v) is 16.2. The number of amides is 2. The van der Waals surface area contributed by atoms with Crippen LogP contribution in [-0.2, 0) is 19.1 Å². The molecule has 2 N–H and O–H groups in total. The molecule has 164 valence electrons. The Kier molecular flexibility index (Phi) is 5.70. The molecular formula is C20H16F6N4O. The molecule has 0 saturated carbocycles. The van der Waals surface area contributed by atoms with Gasteiger partial charge in [-0.1, -0.05) is 18.2 Å². The second-order valence-corrected chi connectivity index (χ2v) is 6.75. The maximum atomic E-state index is 13.7. The fourth-order valence-corrected chi connectivity index (χ4v) is 2.89. The van der Waals surface area contributed by atoms with Crippen molar-refractivity contribution < 1.29 is 31.1 Å². The fraction of sp³-hybridized carbons (Fsp3) is 0.200. The summed E-state index contributed by atoms with van der Waals surface area (Å²) in [5, 5.41) is 8.04. The predicted molar refractivity (Wildman–Crippen MR) is 102 cm³/mol. The van der Waals surface area contributed by atoms with Gasteiger partial charge in [0, 0.05) is 25.2 Å². The van der Waals surface area contributed by atoms with Crippen molar-refractivity contribution in [3.63, 3.8) is 0 Å². The summed E-state index contributed by atoms with van der Waals surface area (Å²) < 4.78 is 82.0. The molecule has 0 spiro atoms. The molecule has 3 aromatic rings. The lowest BCUT2D eigenvalue weighted by atomic mass is 10.00. The fourth-order valence-electron chi connectivity index (χ4n) is 2.89. The van der Waals surface area contributed by atoms with Crippen LogP contribution in [0.1, 0.15) is 18.2 Å². The van der Waals surface area contributed by atoms with Crippen molar-refractivity contribution in [2.24, 2.45) is 7.05 Å². The van der Waals surface area contributed by atoms with Crippen LogP contribution in [0.3, 0.4) is 0 Å². The summed E-state index contributed by atoms with van der Waals surface area (Å²) in [7, 11) is 1.17. The van der Waals surface area contributed by atoms with Gasteiger partial charge in [-0.3, -0.25) is 10.00 Å². The quantitative estimate of drug-likeness (QED) is 0.487. The Hall–Kier alpha value is -3.50. The molecule has 0 aliphatic heterocycles. The Labute approximate surface area is 172 Å². The first-order valence-electron chi connectivity index (χ1n) is 8.83. The first kappa shape index (κ1) is 22.2. The Morgan fingerprint density at radius 2 is 1.65 bits per heavy atom. The minimum absolute atomic E-state index is 0.186. The highest BCUT2D eigenvalue weighted by Gasteiger charge is 2.40. The lowest BCUT2D eigenvalue weighted by Crippen LogP contribution is -2.21. The van der Waals surface area contributed by atoms with Crippen LogP contribution in [0.4, 0.5) is 42.6 Å². The summed E-state index contributed by atoms with van der Waals surface area (Å²) in [5.74, 6) is -4.18.